The van der Waals surface area contributed by atoms with Crippen molar-refractivity contribution in [3.8, 4) is 0 Å². The first-order valence-electron chi connectivity index (χ1n) is 7.54. The number of hydrogen-bond donors (Lipinski definition) is 1. The summed E-state index contributed by atoms with van der Waals surface area (Å²) in [6.07, 6.45) is 3.72. The van der Waals surface area contributed by atoms with Gasteiger partial charge >= 0.3 is 0 Å². The number of carbonyl (C=O) groups is 1. The van der Waals surface area contributed by atoms with E-state index in [1.54, 1.807) is 42.5 Å². The molecule has 1 N–H and O–H groups in total. The van der Waals surface area contributed by atoms with Crippen molar-refractivity contribution in [2.75, 3.05) is 5.32 Å². The Balaban J connectivity index is 1.72. The molecule has 0 saturated heterocycles. The van der Waals surface area contributed by atoms with Gasteiger partial charge in [-0.1, -0.05) is 29.3 Å². The number of amides is 1. The molecule has 3 rings (SSSR count). The van der Waals surface area contributed by atoms with Crippen LogP contribution in [0.15, 0.2) is 54.2 Å². The Kier molecular flexibility index (Phi) is 4.88. The average Bonchev–Trinajstić information content (AvgIpc) is 2.58. The zero-order chi connectivity index (χ0) is 17.2. The number of aromatic nitrogens is 1. The van der Waals surface area contributed by atoms with E-state index in [2.05, 4.69) is 10.3 Å². The highest BCUT2D eigenvalue weighted by atomic mass is 35.5. The second kappa shape index (κ2) is 6.91. The maximum Gasteiger partial charge on any atom is 0.251 e. The lowest BCUT2D eigenvalue weighted by molar-refractivity contribution is -0.113. The minimum Gasteiger partial charge on any atom is -0.322 e. The van der Waals surface area contributed by atoms with Crippen LogP contribution in [0.1, 0.15) is 25.0 Å². The monoisotopic (exact) mass is 364 g/mol. The summed E-state index contributed by atoms with van der Waals surface area (Å²) in [6.45, 7) is 0. The van der Waals surface area contributed by atoms with Crippen LogP contribution < -0.4 is 5.32 Å². The Morgan fingerprint density at radius 1 is 1.21 bits per heavy atom. The van der Waals surface area contributed by atoms with Gasteiger partial charge < -0.3 is 5.32 Å². The number of nitrogens with zero attached hydrogens (tertiary/aromatic N) is 1. The summed E-state index contributed by atoms with van der Waals surface area (Å²) in [5.74, 6) is -0.230. The van der Waals surface area contributed by atoms with Gasteiger partial charge in [-0.05, 0) is 49.2 Å². The first kappa shape index (κ1) is 16.9. The quantitative estimate of drug-likeness (QED) is 0.802. The average molecular weight is 365 g/mol. The third kappa shape index (κ3) is 3.60. The number of alkyl halides is 1. The van der Waals surface area contributed by atoms with E-state index in [1.807, 2.05) is 0 Å². The predicted molar refractivity (Wildman–Crippen MR) is 94.0 cm³/mol. The van der Waals surface area contributed by atoms with Crippen LogP contribution in [0, 0.1) is 0 Å². The Bertz CT molecular complexity index is 792. The van der Waals surface area contributed by atoms with Crippen LogP contribution in [0.3, 0.4) is 0 Å². The van der Waals surface area contributed by atoms with E-state index in [9.17, 15) is 4.79 Å². The molecule has 3 nitrogen and oxygen atoms in total. The van der Waals surface area contributed by atoms with Gasteiger partial charge in [0, 0.05) is 28.9 Å². The van der Waals surface area contributed by atoms with E-state index in [1.165, 1.54) is 6.20 Å². The molecule has 1 aliphatic carbocycles. The second-order valence-electron chi connectivity index (χ2n) is 5.69. The Labute approximate surface area is 149 Å². The third-order valence-corrected chi connectivity index (χ3v) is 4.60. The molecule has 0 fully saturated rings. The van der Waals surface area contributed by atoms with Crippen molar-refractivity contribution < 1.29 is 9.18 Å². The Hall–Kier alpha value is -1.91. The first-order chi connectivity index (χ1) is 11.5. The normalized spacial score (nSPS) is 20.4. The largest absolute Gasteiger partial charge is 0.322 e. The fourth-order valence-electron chi connectivity index (χ4n) is 2.70. The van der Waals surface area contributed by atoms with Gasteiger partial charge in [0.25, 0.3) is 5.91 Å². The molecule has 0 aliphatic heterocycles. The SMILES string of the molecule is O=C(Nc1ccc(Cl)cc1)C1=CC[C@](F)(c2ncccc2Cl)CC1. The van der Waals surface area contributed by atoms with Gasteiger partial charge in [0.15, 0.2) is 5.67 Å². The maximum absolute atomic E-state index is 15.1. The number of pyridine rings is 1. The molecule has 0 saturated carbocycles. The molecule has 124 valence electrons. The Morgan fingerprint density at radius 2 is 1.96 bits per heavy atom. The van der Waals surface area contributed by atoms with Crippen molar-refractivity contribution in [1.29, 1.82) is 0 Å². The molecule has 1 heterocycles. The number of carbonyl (C=O) groups excluding carboxylic acids is 1. The molecule has 1 aromatic heterocycles. The van der Waals surface area contributed by atoms with Crippen molar-refractivity contribution in [3.63, 3.8) is 0 Å². The van der Waals surface area contributed by atoms with Crippen LogP contribution >= 0.6 is 23.2 Å². The molecule has 1 aliphatic rings. The van der Waals surface area contributed by atoms with E-state index in [-0.39, 0.29) is 24.4 Å². The van der Waals surface area contributed by atoms with Crippen molar-refractivity contribution in [2.45, 2.75) is 24.9 Å². The summed E-state index contributed by atoms with van der Waals surface area (Å²) < 4.78 is 15.1. The zero-order valence-corrected chi connectivity index (χ0v) is 14.2. The second-order valence-corrected chi connectivity index (χ2v) is 6.54. The molecular formula is C18H15Cl2FN2O. The molecule has 1 aromatic carbocycles. The van der Waals surface area contributed by atoms with Crippen molar-refractivity contribution >= 4 is 34.8 Å². The highest BCUT2D eigenvalue weighted by molar-refractivity contribution is 6.31. The van der Waals surface area contributed by atoms with Crippen molar-refractivity contribution in [3.05, 3.63) is 70.0 Å². The van der Waals surface area contributed by atoms with Crippen LogP contribution in [-0.4, -0.2) is 10.9 Å². The molecule has 0 radical (unpaired) electrons. The van der Waals surface area contributed by atoms with E-state index >= 15 is 4.39 Å². The van der Waals surface area contributed by atoms with Gasteiger partial charge in [0.2, 0.25) is 0 Å². The fourth-order valence-corrected chi connectivity index (χ4v) is 3.12. The molecule has 6 heteroatoms. The van der Waals surface area contributed by atoms with E-state index in [0.717, 1.165) is 0 Å². The van der Waals surface area contributed by atoms with Gasteiger partial charge in [0.05, 0.1) is 10.7 Å². The standard InChI is InChI=1S/C18H15Cl2FN2O/c19-13-3-5-14(6-4-13)23-17(24)12-7-9-18(21,10-8-12)16-15(20)2-1-11-22-16/h1-7,11H,8-10H2,(H,23,24)/t18-/m1/s1. The van der Waals surface area contributed by atoms with Gasteiger partial charge in [-0.25, -0.2) is 4.39 Å². The number of nitrogens with one attached hydrogen (secondary N) is 1. The van der Waals surface area contributed by atoms with Crippen LogP contribution in [0.4, 0.5) is 10.1 Å². The summed E-state index contributed by atoms with van der Waals surface area (Å²) in [7, 11) is 0. The molecule has 1 amide bonds. The summed E-state index contributed by atoms with van der Waals surface area (Å²) >= 11 is 11.9. The van der Waals surface area contributed by atoms with Crippen molar-refractivity contribution in [1.82, 2.24) is 4.98 Å². The number of allylic oxidation sites excluding steroid dienone is 1. The van der Waals surface area contributed by atoms with Gasteiger partial charge in [-0.15, -0.1) is 0 Å². The van der Waals surface area contributed by atoms with Gasteiger partial charge in [-0.2, -0.15) is 0 Å². The highest BCUT2D eigenvalue weighted by Gasteiger charge is 2.37. The number of hydrogen-bond acceptors (Lipinski definition) is 2. The lowest BCUT2D eigenvalue weighted by atomic mass is 9.84. The molecule has 2 aromatic rings. The summed E-state index contributed by atoms with van der Waals surface area (Å²) in [5.41, 5.74) is -0.192. The lowest BCUT2D eigenvalue weighted by Gasteiger charge is -2.28. The molecule has 1 atom stereocenters. The summed E-state index contributed by atoms with van der Waals surface area (Å²) in [5, 5.41) is 3.69. The van der Waals surface area contributed by atoms with Crippen LogP contribution in [0.2, 0.25) is 10.0 Å². The molecule has 0 bridgehead atoms. The fraction of sp³-hybridized carbons (Fsp3) is 0.222. The molecule has 0 spiro atoms. The van der Waals surface area contributed by atoms with E-state index in [0.29, 0.717) is 27.7 Å². The number of benzene rings is 1. The lowest BCUT2D eigenvalue weighted by Crippen LogP contribution is -2.27. The zero-order valence-electron chi connectivity index (χ0n) is 12.7. The topological polar surface area (TPSA) is 42.0 Å². The molecule has 24 heavy (non-hydrogen) atoms. The molecular weight excluding hydrogens is 350 g/mol. The van der Waals surface area contributed by atoms with Gasteiger partial charge in [-0.3, -0.25) is 9.78 Å². The van der Waals surface area contributed by atoms with E-state index < -0.39 is 5.67 Å². The first-order valence-corrected chi connectivity index (χ1v) is 8.29. The van der Waals surface area contributed by atoms with Crippen molar-refractivity contribution in [2.24, 2.45) is 0 Å². The van der Waals surface area contributed by atoms with Crippen LogP contribution in [-0.2, 0) is 10.5 Å². The minimum atomic E-state index is -1.64. The third-order valence-electron chi connectivity index (χ3n) is 4.04. The van der Waals surface area contributed by atoms with Crippen LogP contribution in [0.5, 0.6) is 0 Å². The number of halogens is 3. The number of anilines is 1. The smallest absolute Gasteiger partial charge is 0.251 e. The number of rotatable bonds is 3. The Morgan fingerprint density at radius 3 is 2.58 bits per heavy atom. The minimum absolute atomic E-state index is 0.0765. The highest BCUT2D eigenvalue weighted by Crippen LogP contribution is 2.41. The molecule has 0 unspecified atom stereocenters. The summed E-state index contributed by atoms with van der Waals surface area (Å²) in [6, 6.07) is 10.1. The summed E-state index contributed by atoms with van der Waals surface area (Å²) in [4.78, 5) is 16.4. The van der Waals surface area contributed by atoms with E-state index in [4.69, 9.17) is 23.2 Å². The van der Waals surface area contributed by atoms with Crippen LogP contribution in [0.25, 0.3) is 0 Å². The maximum atomic E-state index is 15.1. The van der Waals surface area contributed by atoms with Gasteiger partial charge in [0.1, 0.15) is 0 Å². The predicted octanol–water partition coefficient (Wildman–Crippen LogP) is 5.30.